The van der Waals surface area contributed by atoms with Gasteiger partial charge in [-0.1, -0.05) is 25.6 Å². The number of rotatable bonds is 11. The van der Waals surface area contributed by atoms with Crippen molar-refractivity contribution in [3.63, 3.8) is 0 Å². The summed E-state index contributed by atoms with van der Waals surface area (Å²) in [5.41, 5.74) is -0.497. The molecule has 8 nitrogen and oxygen atoms in total. The molecule has 0 rings (SSSR count). The van der Waals surface area contributed by atoms with Gasteiger partial charge in [0.25, 0.3) is 0 Å². The Morgan fingerprint density at radius 1 is 1.08 bits per heavy atom. The van der Waals surface area contributed by atoms with E-state index >= 15 is 0 Å². The molecule has 138 valence electrons. The van der Waals surface area contributed by atoms with Crippen molar-refractivity contribution in [1.29, 1.82) is 0 Å². The minimum atomic E-state index is -1.17. The van der Waals surface area contributed by atoms with Crippen LogP contribution < -0.4 is 10.6 Å². The second kappa shape index (κ2) is 11.0. The molecular formula is C15H26N2O6S. The third-order valence-electron chi connectivity index (χ3n) is 3.13. The molecule has 1 atom stereocenters. The molecule has 0 aromatic heterocycles. The standard InChI is InChI=1S/C15H26N2O6S/c1-10(13(21)22)14(23)24-7-6-17-11(19)4-5-16-12(20)8-15(2,3)9-18/h10,18H,4-9H2,1-3H3,(H,16,20)(H,17,19)(H,21,22). The van der Waals surface area contributed by atoms with Crippen molar-refractivity contribution in [3.8, 4) is 0 Å². The number of hydrogen-bond acceptors (Lipinski definition) is 6. The highest BCUT2D eigenvalue weighted by Crippen LogP contribution is 2.18. The lowest BCUT2D eigenvalue weighted by Gasteiger charge is -2.20. The van der Waals surface area contributed by atoms with Gasteiger partial charge in [0.2, 0.25) is 16.9 Å². The summed E-state index contributed by atoms with van der Waals surface area (Å²) in [5.74, 6) is -2.44. The Bertz CT molecular complexity index is 467. The Hall–Kier alpha value is -1.61. The molecule has 0 spiro atoms. The highest BCUT2D eigenvalue weighted by molar-refractivity contribution is 8.13. The van der Waals surface area contributed by atoms with Crippen molar-refractivity contribution in [2.24, 2.45) is 11.3 Å². The molecule has 4 N–H and O–H groups in total. The van der Waals surface area contributed by atoms with E-state index in [9.17, 15) is 19.2 Å². The Labute approximate surface area is 145 Å². The lowest BCUT2D eigenvalue weighted by Crippen LogP contribution is -2.34. The molecule has 0 radical (unpaired) electrons. The first-order valence-electron chi connectivity index (χ1n) is 7.63. The number of aliphatic carboxylic acids is 1. The van der Waals surface area contributed by atoms with Crippen LogP contribution in [0.5, 0.6) is 0 Å². The quantitative estimate of drug-likeness (QED) is 0.300. The predicted molar refractivity (Wildman–Crippen MR) is 90.4 cm³/mol. The van der Waals surface area contributed by atoms with Gasteiger partial charge in [0, 0.05) is 38.3 Å². The fourth-order valence-electron chi connectivity index (χ4n) is 1.52. The van der Waals surface area contributed by atoms with Crippen LogP contribution in [0.4, 0.5) is 0 Å². The molecule has 0 aliphatic heterocycles. The van der Waals surface area contributed by atoms with Crippen LogP contribution in [0.15, 0.2) is 0 Å². The molecule has 0 aromatic rings. The van der Waals surface area contributed by atoms with Crippen molar-refractivity contribution in [3.05, 3.63) is 0 Å². The largest absolute Gasteiger partial charge is 0.481 e. The number of aliphatic hydroxyl groups is 1. The van der Waals surface area contributed by atoms with E-state index in [1.165, 1.54) is 6.92 Å². The summed E-state index contributed by atoms with van der Waals surface area (Å²) < 4.78 is 0. The van der Waals surface area contributed by atoms with E-state index in [1.54, 1.807) is 13.8 Å². The van der Waals surface area contributed by atoms with E-state index in [1.807, 2.05) is 0 Å². The topological polar surface area (TPSA) is 133 Å². The average molecular weight is 362 g/mol. The van der Waals surface area contributed by atoms with Crippen molar-refractivity contribution in [2.45, 2.75) is 33.6 Å². The van der Waals surface area contributed by atoms with Gasteiger partial charge in [0.1, 0.15) is 5.92 Å². The van der Waals surface area contributed by atoms with Crippen molar-refractivity contribution >= 4 is 34.7 Å². The lowest BCUT2D eigenvalue weighted by atomic mass is 9.90. The number of amides is 2. The molecule has 0 saturated heterocycles. The second-order valence-corrected chi connectivity index (χ2v) is 7.28. The number of nitrogens with one attached hydrogen (secondary N) is 2. The smallest absolute Gasteiger partial charge is 0.314 e. The first-order chi connectivity index (χ1) is 11.1. The van der Waals surface area contributed by atoms with Gasteiger partial charge in [-0.05, 0) is 12.3 Å². The Kier molecular flexibility index (Phi) is 10.3. The molecule has 0 fully saturated rings. The zero-order chi connectivity index (χ0) is 18.8. The number of aliphatic hydroxyl groups excluding tert-OH is 1. The van der Waals surface area contributed by atoms with Crippen LogP contribution >= 0.6 is 11.8 Å². The van der Waals surface area contributed by atoms with Gasteiger partial charge >= 0.3 is 5.97 Å². The summed E-state index contributed by atoms with van der Waals surface area (Å²) in [6.45, 7) is 5.18. The SMILES string of the molecule is CC(C(=O)O)C(=O)SCCNC(=O)CCNC(=O)CC(C)(C)CO. The summed E-state index contributed by atoms with van der Waals surface area (Å²) in [7, 11) is 0. The van der Waals surface area contributed by atoms with E-state index < -0.39 is 22.4 Å². The maximum absolute atomic E-state index is 11.6. The summed E-state index contributed by atoms with van der Waals surface area (Å²) >= 11 is 0.865. The number of thioether (sulfide) groups is 1. The second-order valence-electron chi connectivity index (χ2n) is 6.18. The fourth-order valence-corrected chi connectivity index (χ4v) is 2.28. The molecule has 0 heterocycles. The zero-order valence-corrected chi connectivity index (χ0v) is 15.1. The average Bonchev–Trinajstić information content (AvgIpc) is 2.49. The van der Waals surface area contributed by atoms with Crippen LogP contribution in [0.1, 0.15) is 33.6 Å². The number of carboxylic acids is 1. The number of carbonyl (C=O) groups excluding carboxylic acids is 3. The number of carboxylic acid groups (broad SMARTS) is 1. The van der Waals surface area contributed by atoms with Crippen LogP contribution in [-0.4, -0.2) is 58.6 Å². The molecule has 0 bridgehead atoms. The van der Waals surface area contributed by atoms with Gasteiger partial charge in [-0.15, -0.1) is 0 Å². The van der Waals surface area contributed by atoms with Crippen LogP contribution in [0, 0.1) is 11.3 Å². The van der Waals surface area contributed by atoms with Gasteiger partial charge in [0.05, 0.1) is 0 Å². The molecule has 24 heavy (non-hydrogen) atoms. The van der Waals surface area contributed by atoms with Gasteiger partial charge < -0.3 is 20.8 Å². The van der Waals surface area contributed by atoms with Gasteiger partial charge in [0.15, 0.2) is 0 Å². The van der Waals surface area contributed by atoms with Crippen LogP contribution in [0.2, 0.25) is 0 Å². The predicted octanol–water partition coefficient (Wildman–Crippen LogP) is -0.00200. The molecular weight excluding hydrogens is 336 g/mol. The summed E-state index contributed by atoms with van der Waals surface area (Å²) in [4.78, 5) is 45.2. The molecule has 9 heteroatoms. The molecule has 0 aliphatic rings. The van der Waals surface area contributed by atoms with Crippen molar-refractivity contribution in [1.82, 2.24) is 10.6 Å². The fraction of sp³-hybridized carbons (Fsp3) is 0.733. The molecule has 0 aromatic carbocycles. The van der Waals surface area contributed by atoms with Crippen molar-refractivity contribution < 1.29 is 29.4 Å². The molecule has 0 aliphatic carbocycles. The third kappa shape index (κ3) is 10.2. The molecule has 1 unspecified atom stereocenters. The maximum atomic E-state index is 11.6. The summed E-state index contributed by atoms with van der Waals surface area (Å²) in [6, 6.07) is 0. The highest BCUT2D eigenvalue weighted by atomic mass is 32.2. The minimum Gasteiger partial charge on any atom is -0.481 e. The van der Waals surface area contributed by atoms with Gasteiger partial charge in [-0.3, -0.25) is 19.2 Å². The van der Waals surface area contributed by atoms with E-state index in [0.29, 0.717) is 5.75 Å². The maximum Gasteiger partial charge on any atom is 0.314 e. The van der Waals surface area contributed by atoms with E-state index in [4.69, 9.17) is 10.2 Å². The first kappa shape index (κ1) is 22.4. The van der Waals surface area contributed by atoms with Crippen LogP contribution in [-0.2, 0) is 19.2 Å². The first-order valence-corrected chi connectivity index (χ1v) is 8.61. The minimum absolute atomic E-state index is 0.0994. The molecule has 2 amide bonds. The number of carbonyl (C=O) groups is 4. The highest BCUT2D eigenvalue weighted by Gasteiger charge is 2.21. The Morgan fingerprint density at radius 3 is 2.21 bits per heavy atom. The lowest BCUT2D eigenvalue weighted by molar-refractivity contribution is -0.143. The number of hydrogen-bond donors (Lipinski definition) is 4. The molecule has 0 saturated carbocycles. The zero-order valence-electron chi connectivity index (χ0n) is 14.3. The Morgan fingerprint density at radius 2 is 1.67 bits per heavy atom. The van der Waals surface area contributed by atoms with E-state index in [-0.39, 0.29) is 44.4 Å². The summed E-state index contributed by atoms with van der Waals surface area (Å²) in [5, 5.41) is 22.5. The van der Waals surface area contributed by atoms with Crippen LogP contribution in [0.3, 0.4) is 0 Å². The normalized spacial score (nSPS) is 12.3. The van der Waals surface area contributed by atoms with E-state index in [2.05, 4.69) is 10.6 Å². The monoisotopic (exact) mass is 362 g/mol. The van der Waals surface area contributed by atoms with Crippen molar-refractivity contribution in [2.75, 3.05) is 25.4 Å². The Balaban J connectivity index is 3.79. The summed E-state index contributed by atoms with van der Waals surface area (Å²) in [6.07, 6.45) is 0.279. The van der Waals surface area contributed by atoms with E-state index in [0.717, 1.165) is 11.8 Å². The third-order valence-corrected chi connectivity index (χ3v) is 4.18. The van der Waals surface area contributed by atoms with Gasteiger partial charge in [-0.25, -0.2) is 0 Å². The van der Waals surface area contributed by atoms with Crippen LogP contribution in [0.25, 0.3) is 0 Å². The van der Waals surface area contributed by atoms with Gasteiger partial charge in [-0.2, -0.15) is 0 Å².